The highest BCUT2D eigenvalue weighted by Crippen LogP contribution is 2.15. The fraction of sp³-hybridized carbons (Fsp3) is 0.474. The molecule has 1 aromatic carbocycles. The first kappa shape index (κ1) is 17.6. The summed E-state index contributed by atoms with van der Waals surface area (Å²) in [6, 6.07) is 11.8. The number of aliphatic hydroxyl groups excluding tert-OH is 1. The second-order valence-electron chi connectivity index (χ2n) is 6.67. The van der Waals surface area contributed by atoms with E-state index in [0.29, 0.717) is 31.1 Å². The number of rotatable bonds is 6. The lowest BCUT2D eigenvalue weighted by Crippen LogP contribution is -2.37. The predicted molar refractivity (Wildman–Crippen MR) is 94.1 cm³/mol. The van der Waals surface area contributed by atoms with Gasteiger partial charge in [-0.1, -0.05) is 35.5 Å². The van der Waals surface area contributed by atoms with E-state index in [4.69, 9.17) is 4.52 Å². The summed E-state index contributed by atoms with van der Waals surface area (Å²) >= 11 is 0. The molecule has 6 nitrogen and oxygen atoms in total. The molecular weight excluding hydrogens is 318 g/mol. The van der Waals surface area contributed by atoms with Crippen LogP contribution in [0.5, 0.6) is 0 Å². The molecule has 2 heterocycles. The molecule has 1 fully saturated rings. The van der Waals surface area contributed by atoms with Crippen LogP contribution in [0.15, 0.2) is 40.9 Å². The van der Waals surface area contributed by atoms with Crippen molar-refractivity contribution in [3.05, 3.63) is 53.4 Å². The Morgan fingerprint density at radius 2 is 2.20 bits per heavy atom. The maximum Gasteiger partial charge on any atom is 0.275 e. The van der Waals surface area contributed by atoms with E-state index >= 15 is 0 Å². The van der Waals surface area contributed by atoms with Crippen LogP contribution in [0.3, 0.4) is 0 Å². The standard InChI is InChI=1S/C19H25N3O3/c1-21(11-9-15-6-3-2-4-7-15)19(24)18-12-17(25-20-18)14-22-10-5-8-16(23)13-22/h2-4,6-7,12,16,23H,5,8-11,13-14H2,1H3/t16-/m1/s1. The van der Waals surface area contributed by atoms with Gasteiger partial charge in [0.25, 0.3) is 5.91 Å². The molecular formula is C19H25N3O3. The molecule has 1 aliphatic rings. The Hall–Kier alpha value is -2.18. The Balaban J connectivity index is 1.52. The first-order valence-electron chi connectivity index (χ1n) is 8.77. The zero-order valence-corrected chi connectivity index (χ0v) is 14.6. The van der Waals surface area contributed by atoms with Gasteiger partial charge in [-0.25, -0.2) is 0 Å². The second-order valence-corrected chi connectivity index (χ2v) is 6.67. The van der Waals surface area contributed by atoms with Gasteiger partial charge in [-0.2, -0.15) is 0 Å². The normalized spacial score (nSPS) is 18.2. The molecule has 1 saturated heterocycles. The van der Waals surface area contributed by atoms with Crippen molar-refractivity contribution in [2.24, 2.45) is 0 Å². The molecule has 1 atom stereocenters. The Bertz CT molecular complexity index is 686. The number of likely N-dealkylation sites (N-methyl/N-ethyl adjacent to an activating group) is 1. The van der Waals surface area contributed by atoms with Gasteiger partial charge in [0.05, 0.1) is 12.6 Å². The minimum Gasteiger partial charge on any atom is -0.392 e. The van der Waals surface area contributed by atoms with Gasteiger partial charge in [-0.05, 0) is 31.4 Å². The van der Waals surface area contributed by atoms with Crippen LogP contribution in [0.4, 0.5) is 0 Å². The molecule has 1 aromatic heterocycles. The van der Waals surface area contributed by atoms with Crippen LogP contribution >= 0.6 is 0 Å². The van der Waals surface area contributed by atoms with E-state index < -0.39 is 0 Å². The van der Waals surface area contributed by atoms with Crippen LogP contribution in [-0.2, 0) is 13.0 Å². The van der Waals surface area contributed by atoms with Crippen LogP contribution in [0.2, 0.25) is 0 Å². The zero-order chi connectivity index (χ0) is 17.6. The van der Waals surface area contributed by atoms with Crippen molar-refractivity contribution in [1.82, 2.24) is 15.0 Å². The third-order valence-electron chi connectivity index (χ3n) is 4.56. The van der Waals surface area contributed by atoms with Gasteiger partial charge in [0.1, 0.15) is 0 Å². The molecule has 1 aliphatic heterocycles. The molecule has 0 aliphatic carbocycles. The average molecular weight is 343 g/mol. The third kappa shape index (κ3) is 4.90. The summed E-state index contributed by atoms with van der Waals surface area (Å²) in [4.78, 5) is 16.3. The predicted octanol–water partition coefficient (Wildman–Crippen LogP) is 1.95. The minimum atomic E-state index is -0.276. The molecule has 1 amide bonds. The fourth-order valence-electron chi connectivity index (χ4n) is 3.12. The molecule has 25 heavy (non-hydrogen) atoms. The van der Waals surface area contributed by atoms with E-state index in [0.717, 1.165) is 25.8 Å². The van der Waals surface area contributed by atoms with E-state index in [-0.39, 0.29) is 12.0 Å². The Kier molecular flexibility index (Phi) is 5.83. The summed E-state index contributed by atoms with van der Waals surface area (Å²) in [7, 11) is 1.78. The number of hydrogen-bond donors (Lipinski definition) is 1. The molecule has 0 unspecified atom stereocenters. The number of aliphatic hydroxyl groups is 1. The number of likely N-dealkylation sites (tertiary alicyclic amines) is 1. The minimum absolute atomic E-state index is 0.135. The first-order chi connectivity index (χ1) is 12.1. The van der Waals surface area contributed by atoms with Crippen molar-refractivity contribution in [3.63, 3.8) is 0 Å². The van der Waals surface area contributed by atoms with Gasteiger partial charge in [-0.3, -0.25) is 9.69 Å². The zero-order valence-electron chi connectivity index (χ0n) is 14.6. The van der Waals surface area contributed by atoms with Crippen LogP contribution in [-0.4, -0.2) is 58.8 Å². The summed E-state index contributed by atoms with van der Waals surface area (Å²) in [6.45, 7) is 2.77. The van der Waals surface area contributed by atoms with Crippen molar-refractivity contribution in [1.29, 1.82) is 0 Å². The van der Waals surface area contributed by atoms with Gasteiger partial charge in [0.2, 0.25) is 0 Å². The van der Waals surface area contributed by atoms with Gasteiger partial charge < -0.3 is 14.5 Å². The number of aromatic nitrogens is 1. The van der Waals surface area contributed by atoms with Gasteiger partial charge >= 0.3 is 0 Å². The summed E-state index contributed by atoms with van der Waals surface area (Å²) in [5.41, 5.74) is 1.54. The van der Waals surface area contributed by atoms with Crippen molar-refractivity contribution < 1.29 is 14.4 Å². The number of nitrogens with zero attached hydrogens (tertiary/aromatic N) is 3. The van der Waals surface area contributed by atoms with Crippen molar-refractivity contribution in [3.8, 4) is 0 Å². The average Bonchev–Trinajstić information content (AvgIpc) is 3.08. The third-order valence-corrected chi connectivity index (χ3v) is 4.56. The topological polar surface area (TPSA) is 69.8 Å². The molecule has 2 aromatic rings. The van der Waals surface area contributed by atoms with E-state index in [9.17, 15) is 9.90 Å². The van der Waals surface area contributed by atoms with Gasteiger partial charge in [-0.15, -0.1) is 0 Å². The molecule has 3 rings (SSSR count). The maximum absolute atomic E-state index is 12.5. The van der Waals surface area contributed by atoms with Crippen LogP contribution in [0.25, 0.3) is 0 Å². The monoisotopic (exact) mass is 343 g/mol. The SMILES string of the molecule is CN(CCc1ccccc1)C(=O)c1cc(CN2CCC[C@@H](O)C2)on1. The number of carbonyl (C=O) groups excluding carboxylic acids is 1. The number of benzene rings is 1. The van der Waals surface area contributed by atoms with Crippen LogP contribution in [0, 0.1) is 0 Å². The number of carbonyl (C=O) groups is 1. The lowest BCUT2D eigenvalue weighted by molar-refractivity contribution is 0.0622. The second kappa shape index (κ2) is 8.27. The highest BCUT2D eigenvalue weighted by molar-refractivity contribution is 5.92. The molecule has 1 N–H and O–H groups in total. The highest BCUT2D eigenvalue weighted by Gasteiger charge is 2.21. The number of hydrogen-bond acceptors (Lipinski definition) is 5. The van der Waals surface area contributed by atoms with Crippen molar-refractivity contribution in [2.75, 3.05) is 26.7 Å². The van der Waals surface area contributed by atoms with E-state index in [1.54, 1.807) is 18.0 Å². The quantitative estimate of drug-likeness (QED) is 0.868. The number of piperidine rings is 1. The van der Waals surface area contributed by atoms with Gasteiger partial charge in [0.15, 0.2) is 11.5 Å². The molecule has 6 heteroatoms. The van der Waals surface area contributed by atoms with E-state index in [1.165, 1.54) is 5.56 Å². The molecule has 134 valence electrons. The van der Waals surface area contributed by atoms with Gasteiger partial charge in [0, 0.05) is 26.2 Å². The lowest BCUT2D eigenvalue weighted by Gasteiger charge is -2.28. The maximum atomic E-state index is 12.5. The fourth-order valence-corrected chi connectivity index (χ4v) is 3.12. The summed E-state index contributed by atoms with van der Waals surface area (Å²) in [5.74, 6) is 0.526. The highest BCUT2D eigenvalue weighted by atomic mass is 16.5. The number of amides is 1. The Morgan fingerprint density at radius 1 is 1.40 bits per heavy atom. The van der Waals surface area contributed by atoms with Crippen LogP contribution < -0.4 is 0 Å². The smallest absolute Gasteiger partial charge is 0.275 e. The van der Waals surface area contributed by atoms with Crippen LogP contribution in [0.1, 0.15) is 34.7 Å². The molecule has 0 spiro atoms. The first-order valence-corrected chi connectivity index (χ1v) is 8.77. The van der Waals surface area contributed by atoms with E-state index in [2.05, 4.69) is 22.2 Å². The number of β-amino-alcohol motifs (C(OH)–C–C–N with tert-alkyl or cyclic N) is 1. The summed E-state index contributed by atoms with van der Waals surface area (Å²) < 4.78 is 5.32. The van der Waals surface area contributed by atoms with Crippen molar-refractivity contribution in [2.45, 2.75) is 31.9 Å². The summed E-state index contributed by atoms with van der Waals surface area (Å²) in [6.07, 6.45) is 2.35. The Morgan fingerprint density at radius 3 is 2.96 bits per heavy atom. The largest absolute Gasteiger partial charge is 0.392 e. The molecule has 0 bridgehead atoms. The van der Waals surface area contributed by atoms with Crippen molar-refractivity contribution >= 4 is 5.91 Å². The van der Waals surface area contributed by atoms with E-state index in [1.807, 2.05) is 18.2 Å². The molecule has 0 radical (unpaired) electrons. The summed E-state index contributed by atoms with van der Waals surface area (Å²) in [5, 5.41) is 13.6. The lowest BCUT2D eigenvalue weighted by atomic mass is 10.1. The molecule has 0 saturated carbocycles. The Labute approximate surface area is 148 Å².